The zero-order chi connectivity index (χ0) is 21.8. The van der Waals surface area contributed by atoms with Gasteiger partial charge in [0.25, 0.3) is 5.69 Å². The molecule has 1 aromatic heterocycles. The largest absolute Gasteiger partial charge is 0.489 e. The summed E-state index contributed by atoms with van der Waals surface area (Å²) in [6.07, 6.45) is 1.76. The molecule has 0 aliphatic rings. The van der Waals surface area contributed by atoms with Crippen molar-refractivity contribution in [3.63, 3.8) is 0 Å². The molecule has 0 aliphatic carbocycles. The zero-order valence-corrected chi connectivity index (χ0v) is 16.7. The summed E-state index contributed by atoms with van der Waals surface area (Å²) in [4.78, 5) is 18.1. The highest BCUT2D eigenvalue weighted by molar-refractivity contribution is 5.90. The molecule has 0 unspecified atom stereocenters. The van der Waals surface area contributed by atoms with Crippen LogP contribution in [0.3, 0.4) is 0 Å². The highest BCUT2D eigenvalue weighted by atomic mass is 16.6. The van der Waals surface area contributed by atoms with Crippen molar-refractivity contribution in [2.24, 2.45) is 0 Å². The first-order chi connectivity index (χ1) is 15.0. The number of H-pyrrole nitrogens is 1. The van der Waals surface area contributed by atoms with E-state index in [-0.39, 0.29) is 12.3 Å². The number of benzene rings is 3. The number of hydrogen-bond donors (Lipinski definition) is 1. The van der Waals surface area contributed by atoms with Gasteiger partial charge < -0.3 is 9.72 Å². The van der Waals surface area contributed by atoms with E-state index in [4.69, 9.17) is 4.74 Å². The van der Waals surface area contributed by atoms with Crippen LogP contribution >= 0.6 is 0 Å². The van der Waals surface area contributed by atoms with Gasteiger partial charge >= 0.3 is 0 Å². The van der Waals surface area contributed by atoms with E-state index in [2.05, 4.69) is 16.0 Å². The lowest BCUT2D eigenvalue weighted by molar-refractivity contribution is -0.384. The summed E-state index contributed by atoms with van der Waals surface area (Å²) in [7, 11) is 0. The molecule has 1 N–H and O–H groups in total. The first-order valence-electron chi connectivity index (χ1n) is 9.56. The molecule has 7 nitrogen and oxygen atoms in total. The van der Waals surface area contributed by atoms with Crippen molar-refractivity contribution in [3.8, 4) is 11.8 Å². The Morgan fingerprint density at radius 3 is 2.74 bits per heavy atom. The smallest absolute Gasteiger partial charge is 0.269 e. The van der Waals surface area contributed by atoms with Crippen LogP contribution in [0.5, 0.6) is 5.75 Å². The number of nitrogens with zero attached hydrogens (tertiary/aromatic N) is 3. The summed E-state index contributed by atoms with van der Waals surface area (Å²) in [5, 5.41) is 20.5. The van der Waals surface area contributed by atoms with Gasteiger partial charge in [-0.3, -0.25) is 10.1 Å². The number of rotatable bonds is 6. The Balaban J connectivity index is 1.48. The topological polar surface area (TPSA) is 105 Å². The molecule has 0 fully saturated rings. The van der Waals surface area contributed by atoms with Gasteiger partial charge in [0.1, 0.15) is 24.3 Å². The van der Waals surface area contributed by atoms with E-state index >= 15 is 0 Å². The van der Waals surface area contributed by atoms with Gasteiger partial charge in [0.2, 0.25) is 0 Å². The van der Waals surface area contributed by atoms with Crippen molar-refractivity contribution in [2.45, 2.75) is 13.5 Å². The quantitative estimate of drug-likeness (QED) is 0.259. The third-order valence-corrected chi connectivity index (χ3v) is 4.73. The Morgan fingerprint density at radius 2 is 2.00 bits per heavy atom. The second-order valence-electron chi connectivity index (χ2n) is 7.06. The van der Waals surface area contributed by atoms with E-state index < -0.39 is 4.92 Å². The first-order valence-corrected chi connectivity index (χ1v) is 9.56. The number of aryl methyl sites for hydroxylation is 1. The Morgan fingerprint density at radius 1 is 1.19 bits per heavy atom. The maximum absolute atomic E-state index is 10.9. The molecule has 0 radical (unpaired) electrons. The van der Waals surface area contributed by atoms with Crippen LogP contribution in [0, 0.1) is 28.4 Å². The summed E-state index contributed by atoms with van der Waals surface area (Å²) in [5.41, 5.74) is 4.82. The van der Waals surface area contributed by atoms with Crippen LogP contribution in [0.2, 0.25) is 0 Å². The number of nitro benzene ring substituents is 1. The monoisotopic (exact) mass is 410 g/mol. The molecule has 0 saturated heterocycles. The number of allylic oxidation sites excluding steroid dienone is 1. The minimum Gasteiger partial charge on any atom is -0.489 e. The number of fused-ring (bicyclic) bond motifs is 1. The number of aromatic nitrogens is 2. The van der Waals surface area contributed by atoms with Gasteiger partial charge in [0, 0.05) is 12.1 Å². The molecule has 4 rings (SSSR count). The highest BCUT2D eigenvalue weighted by Crippen LogP contribution is 2.22. The number of ether oxygens (including phenoxy) is 1. The number of nitriles is 1. The molecular formula is C24H18N4O3. The fraction of sp³-hybridized carbons (Fsp3) is 0.0833. The van der Waals surface area contributed by atoms with Crippen LogP contribution < -0.4 is 4.74 Å². The number of aromatic amines is 1. The molecule has 3 aromatic carbocycles. The van der Waals surface area contributed by atoms with E-state index in [1.54, 1.807) is 30.3 Å². The number of nitrogens with one attached hydrogen (secondary N) is 1. The van der Waals surface area contributed by atoms with Crippen LogP contribution in [0.15, 0.2) is 66.7 Å². The van der Waals surface area contributed by atoms with Crippen molar-refractivity contribution >= 4 is 28.4 Å². The van der Waals surface area contributed by atoms with E-state index in [1.165, 1.54) is 12.1 Å². The van der Waals surface area contributed by atoms with Crippen LogP contribution in [0.4, 0.5) is 5.69 Å². The second kappa shape index (κ2) is 8.51. The molecule has 0 atom stereocenters. The highest BCUT2D eigenvalue weighted by Gasteiger charge is 2.09. The molecular weight excluding hydrogens is 392 g/mol. The standard InChI is InChI=1S/C24H18N4O3/c1-16-5-10-22-23(11-16)27-24(26-22)19(14-25)12-17-6-8-21(9-7-17)31-15-18-3-2-4-20(13-18)28(29)30/h2-13H,15H2,1H3,(H,26,27)/b19-12+. The molecule has 31 heavy (non-hydrogen) atoms. The molecule has 0 saturated carbocycles. The predicted octanol–water partition coefficient (Wildman–Crippen LogP) is 5.42. The van der Waals surface area contributed by atoms with Crippen LogP contribution in [-0.2, 0) is 6.61 Å². The lowest BCUT2D eigenvalue weighted by Gasteiger charge is -2.06. The van der Waals surface area contributed by atoms with Gasteiger partial charge in [0.15, 0.2) is 0 Å². The minimum atomic E-state index is -0.430. The number of imidazole rings is 1. The number of non-ortho nitro benzene ring substituents is 1. The second-order valence-corrected chi connectivity index (χ2v) is 7.06. The van der Waals surface area contributed by atoms with Gasteiger partial charge in [-0.1, -0.05) is 30.3 Å². The van der Waals surface area contributed by atoms with Gasteiger partial charge in [-0.05, 0) is 54.0 Å². The Kier molecular flexibility index (Phi) is 5.45. The SMILES string of the molecule is Cc1ccc2nc(/C(C#N)=C/c3ccc(OCc4cccc([N+](=O)[O-])c4)cc3)[nH]c2c1. The average molecular weight is 410 g/mol. The molecule has 152 valence electrons. The molecule has 0 aliphatic heterocycles. The minimum absolute atomic E-state index is 0.0337. The third-order valence-electron chi connectivity index (χ3n) is 4.73. The van der Waals surface area contributed by atoms with E-state index in [0.29, 0.717) is 22.7 Å². The molecule has 0 bridgehead atoms. The van der Waals surface area contributed by atoms with E-state index in [0.717, 1.165) is 22.2 Å². The molecule has 4 aromatic rings. The molecule has 0 amide bonds. The Hall–Kier alpha value is -4.44. The first kappa shape index (κ1) is 19.9. The molecule has 0 spiro atoms. The fourth-order valence-electron chi connectivity index (χ4n) is 3.16. The maximum Gasteiger partial charge on any atom is 0.269 e. The Bertz CT molecular complexity index is 1330. The van der Waals surface area contributed by atoms with E-state index in [1.807, 2.05) is 37.3 Å². The number of nitro groups is 1. The van der Waals surface area contributed by atoms with Crippen molar-refractivity contribution in [2.75, 3.05) is 0 Å². The van der Waals surface area contributed by atoms with Gasteiger partial charge in [0.05, 0.1) is 21.5 Å². The zero-order valence-electron chi connectivity index (χ0n) is 16.7. The van der Waals surface area contributed by atoms with Crippen LogP contribution in [-0.4, -0.2) is 14.9 Å². The van der Waals surface area contributed by atoms with Crippen molar-refractivity contribution in [3.05, 3.63) is 99.4 Å². The van der Waals surface area contributed by atoms with Crippen LogP contribution in [0.1, 0.15) is 22.5 Å². The third kappa shape index (κ3) is 4.60. The van der Waals surface area contributed by atoms with Crippen molar-refractivity contribution in [1.29, 1.82) is 5.26 Å². The van der Waals surface area contributed by atoms with Gasteiger partial charge in [-0.25, -0.2) is 4.98 Å². The Labute approximate surface area is 178 Å². The maximum atomic E-state index is 10.9. The van der Waals surface area contributed by atoms with Gasteiger partial charge in [-0.15, -0.1) is 0 Å². The normalized spacial score (nSPS) is 11.3. The summed E-state index contributed by atoms with van der Waals surface area (Å²) in [6.45, 7) is 2.22. The predicted molar refractivity (Wildman–Crippen MR) is 118 cm³/mol. The average Bonchev–Trinajstić information content (AvgIpc) is 3.20. The summed E-state index contributed by atoms with van der Waals surface area (Å²) >= 11 is 0. The van der Waals surface area contributed by atoms with Crippen molar-refractivity contribution < 1.29 is 9.66 Å². The fourth-order valence-corrected chi connectivity index (χ4v) is 3.16. The lowest BCUT2D eigenvalue weighted by atomic mass is 10.1. The molecule has 1 heterocycles. The van der Waals surface area contributed by atoms with Crippen molar-refractivity contribution in [1.82, 2.24) is 9.97 Å². The van der Waals surface area contributed by atoms with Gasteiger partial charge in [-0.2, -0.15) is 5.26 Å². The van der Waals surface area contributed by atoms with E-state index in [9.17, 15) is 15.4 Å². The lowest BCUT2D eigenvalue weighted by Crippen LogP contribution is -1.97. The summed E-state index contributed by atoms with van der Waals surface area (Å²) in [6, 6.07) is 21.7. The van der Waals surface area contributed by atoms with Crippen LogP contribution in [0.25, 0.3) is 22.7 Å². The molecule has 7 heteroatoms. The summed E-state index contributed by atoms with van der Waals surface area (Å²) < 4.78 is 5.72. The summed E-state index contributed by atoms with van der Waals surface area (Å²) in [5.74, 6) is 1.15. The number of hydrogen-bond acceptors (Lipinski definition) is 5.